The van der Waals surface area contributed by atoms with Crippen LogP contribution in [0.15, 0.2) is 18.3 Å². The van der Waals surface area contributed by atoms with Gasteiger partial charge < -0.3 is 10.2 Å². The Hall–Kier alpha value is -1.42. The van der Waals surface area contributed by atoms with Crippen molar-refractivity contribution in [3.05, 3.63) is 29.6 Å². The van der Waals surface area contributed by atoms with Gasteiger partial charge in [-0.1, -0.05) is 6.07 Å². The molecule has 0 spiro atoms. The molecule has 20 heavy (non-hydrogen) atoms. The number of nitrogens with one attached hydrogen (secondary N) is 1. The maximum atomic E-state index is 12.2. The molecule has 4 heteroatoms. The molecule has 108 valence electrons. The summed E-state index contributed by atoms with van der Waals surface area (Å²) in [6, 6.07) is 4.40. The molecule has 4 nitrogen and oxygen atoms in total. The second-order valence-corrected chi connectivity index (χ2v) is 5.81. The number of piperidine rings is 1. The average molecular weight is 273 g/mol. The lowest BCUT2D eigenvalue weighted by Crippen LogP contribution is -2.42. The summed E-state index contributed by atoms with van der Waals surface area (Å²) >= 11 is 0. The lowest BCUT2D eigenvalue weighted by molar-refractivity contribution is -0.131. The number of hydrogen-bond donors (Lipinski definition) is 1. The molecule has 1 N–H and O–H groups in total. The topological polar surface area (TPSA) is 45.2 Å². The normalized spacial score (nSPS) is 22.4. The summed E-state index contributed by atoms with van der Waals surface area (Å²) < 4.78 is 0. The van der Waals surface area contributed by atoms with Crippen molar-refractivity contribution < 1.29 is 4.79 Å². The van der Waals surface area contributed by atoms with Crippen LogP contribution in [0.2, 0.25) is 0 Å². The Morgan fingerprint density at radius 1 is 1.30 bits per heavy atom. The first kappa shape index (κ1) is 13.6. The monoisotopic (exact) mass is 273 g/mol. The minimum Gasteiger partial charge on any atom is -0.342 e. The third-order valence-corrected chi connectivity index (χ3v) is 4.40. The van der Waals surface area contributed by atoms with Crippen LogP contribution >= 0.6 is 0 Å². The van der Waals surface area contributed by atoms with Gasteiger partial charge in [0.2, 0.25) is 5.91 Å². The second-order valence-electron chi connectivity index (χ2n) is 5.81. The van der Waals surface area contributed by atoms with Crippen LogP contribution in [0.4, 0.5) is 0 Å². The molecule has 0 radical (unpaired) electrons. The van der Waals surface area contributed by atoms with Gasteiger partial charge in [0, 0.05) is 19.3 Å². The number of aromatic nitrogens is 1. The molecule has 0 saturated carbocycles. The maximum Gasteiger partial charge on any atom is 0.236 e. The van der Waals surface area contributed by atoms with Crippen molar-refractivity contribution in [3.63, 3.8) is 0 Å². The molecule has 3 rings (SSSR count). The van der Waals surface area contributed by atoms with Gasteiger partial charge in [0.1, 0.15) is 0 Å². The zero-order chi connectivity index (χ0) is 13.8. The third kappa shape index (κ3) is 3.01. The summed E-state index contributed by atoms with van der Waals surface area (Å²) in [5.74, 6) is 0.243. The highest BCUT2D eigenvalue weighted by Gasteiger charge is 2.23. The molecule has 1 unspecified atom stereocenters. The zero-order valence-electron chi connectivity index (χ0n) is 12.0. The predicted molar refractivity (Wildman–Crippen MR) is 78.3 cm³/mol. The fourth-order valence-corrected chi connectivity index (χ4v) is 3.27. The van der Waals surface area contributed by atoms with E-state index in [1.165, 1.54) is 18.4 Å². The third-order valence-electron chi connectivity index (χ3n) is 4.40. The number of likely N-dealkylation sites (tertiary alicyclic amines) is 1. The van der Waals surface area contributed by atoms with Gasteiger partial charge in [0.15, 0.2) is 0 Å². The number of pyridine rings is 1. The molecule has 1 atom stereocenters. The van der Waals surface area contributed by atoms with E-state index in [4.69, 9.17) is 0 Å². The van der Waals surface area contributed by atoms with Crippen LogP contribution in [-0.4, -0.2) is 35.4 Å². The van der Waals surface area contributed by atoms with Crippen molar-refractivity contribution in [3.8, 4) is 0 Å². The van der Waals surface area contributed by atoms with E-state index in [2.05, 4.69) is 16.4 Å². The van der Waals surface area contributed by atoms with Gasteiger partial charge in [0.05, 0.1) is 18.3 Å². The highest BCUT2D eigenvalue weighted by atomic mass is 16.2. The van der Waals surface area contributed by atoms with E-state index in [9.17, 15) is 4.79 Å². The van der Waals surface area contributed by atoms with E-state index in [0.29, 0.717) is 6.54 Å². The molecule has 1 aliphatic carbocycles. The largest absolute Gasteiger partial charge is 0.342 e. The van der Waals surface area contributed by atoms with Crippen molar-refractivity contribution in [1.29, 1.82) is 0 Å². The van der Waals surface area contributed by atoms with Gasteiger partial charge in [-0.2, -0.15) is 0 Å². The minimum atomic E-state index is 0.243. The summed E-state index contributed by atoms with van der Waals surface area (Å²) in [5, 5.41) is 3.42. The fraction of sp³-hybridized carbons (Fsp3) is 0.625. The molecule has 1 saturated heterocycles. The second kappa shape index (κ2) is 6.35. The number of fused-ring (bicyclic) bond motifs is 1. The van der Waals surface area contributed by atoms with Crippen molar-refractivity contribution >= 4 is 5.91 Å². The first-order chi connectivity index (χ1) is 9.84. The summed E-state index contributed by atoms with van der Waals surface area (Å²) in [7, 11) is 0. The smallest absolute Gasteiger partial charge is 0.236 e. The summed E-state index contributed by atoms with van der Waals surface area (Å²) in [4.78, 5) is 18.7. The van der Waals surface area contributed by atoms with Gasteiger partial charge in [-0.25, -0.2) is 0 Å². The average Bonchev–Trinajstić information content (AvgIpc) is 2.53. The Labute approximate surface area is 120 Å². The van der Waals surface area contributed by atoms with Crippen molar-refractivity contribution in [2.24, 2.45) is 0 Å². The Morgan fingerprint density at radius 2 is 2.15 bits per heavy atom. The Kier molecular flexibility index (Phi) is 4.31. The van der Waals surface area contributed by atoms with Gasteiger partial charge in [-0.05, 0) is 50.2 Å². The summed E-state index contributed by atoms with van der Waals surface area (Å²) in [6.45, 7) is 2.31. The van der Waals surface area contributed by atoms with Crippen LogP contribution in [0, 0.1) is 0 Å². The van der Waals surface area contributed by atoms with Crippen LogP contribution in [0.5, 0.6) is 0 Å². The molecule has 1 fully saturated rings. The Balaban J connectivity index is 1.57. The van der Waals surface area contributed by atoms with Crippen LogP contribution in [0.3, 0.4) is 0 Å². The van der Waals surface area contributed by atoms with E-state index in [1.54, 1.807) is 0 Å². The standard InChI is InChI=1S/C16H23N3O/c20-15(19-10-2-1-3-11-19)12-18-14-8-4-6-13-7-5-9-17-16(13)14/h5,7,9,14,18H,1-4,6,8,10-12H2. The van der Waals surface area contributed by atoms with E-state index >= 15 is 0 Å². The lowest BCUT2D eigenvalue weighted by Gasteiger charge is -2.29. The lowest BCUT2D eigenvalue weighted by atomic mass is 9.92. The molecule has 0 bridgehead atoms. The van der Waals surface area contributed by atoms with Gasteiger partial charge in [-0.15, -0.1) is 0 Å². The summed E-state index contributed by atoms with van der Waals surface area (Å²) in [5.41, 5.74) is 2.48. The zero-order valence-corrected chi connectivity index (χ0v) is 12.0. The predicted octanol–water partition coefficient (Wildman–Crippen LogP) is 2.06. The number of nitrogens with zero attached hydrogens (tertiary/aromatic N) is 2. The van der Waals surface area contributed by atoms with Crippen LogP contribution in [0.25, 0.3) is 0 Å². The number of rotatable bonds is 3. The van der Waals surface area contributed by atoms with Crippen LogP contribution in [-0.2, 0) is 11.2 Å². The Bertz CT molecular complexity index is 469. The Morgan fingerprint density at radius 3 is 3.00 bits per heavy atom. The van der Waals surface area contributed by atoms with E-state index < -0.39 is 0 Å². The van der Waals surface area contributed by atoms with E-state index in [0.717, 1.165) is 44.5 Å². The molecule has 2 heterocycles. The highest BCUT2D eigenvalue weighted by Crippen LogP contribution is 2.27. The van der Waals surface area contributed by atoms with Gasteiger partial charge >= 0.3 is 0 Å². The minimum absolute atomic E-state index is 0.243. The maximum absolute atomic E-state index is 12.2. The van der Waals surface area contributed by atoms with Gasteiger partial charge in [0.25, 0.3) is 0 Å². The number of aryl methyl sites for hydroxylation is 1. The molecule has 0 aromatic carbocycles. The molecule has 1 aromatic rings. The molecule has 1 aliphatic heterocycles. The molecular weight excluding hydrogens is 250 g/mol. The van der Waals surface area contributed by atoms with Crippen molar-refractivity contribution in [2.45, 2.75) is 44.6 Å². The molecule has 2 aliphatic rings. The molecule has 1 amide bonds. The van der Waals surface area contributed by atoms with Crippen molar-refractivity contribution in [2.75, 3.05) is 19.6 Å². The van der Waals surface area contributed by atoms with Crippen molar-refractivity contribution in [1.82, 2.24) is 15.2 Å². The number of carbonyl (C=O) groups excluding carboxylic acids is 1. The van der Waals surface area contributed by atoms with E-state index in [1.807, 2.05) is 17.2 Å². The first-order valence-corrected chi connectivity index (χ1v) is 7.79. The first-order valence-electron chi connectivity index (χ1n) is 7.79. The molecule has 1 aromatic heterocycles. The van der Waals surface area contributed by atoms with E-state index in [-0.39, 0.29) is 11.9 Å². The fourth-order valence-electron chi connectivity index (χ4n) is 3.27. The van der Waals surface area contributed by atoms with Crippen LogP contribution < -0.4 is 5.32 Å². The highest BCUT2D eigenvalue weighted by molar-refractivity contribution is 5.78. The summed E-state index contributed by atoms with van der Waals surface area (Å²) in [6.07, 6.45) is 8.79. The van der Waals surface area contributed by atoms with Crippen LogP contribution in [0.1, 0.15) is 49.4 Å². The number of carbonyl (C=O) groups is 1. The number of amides is 1. The number of hydrogen-bond acceptors (Lipinski definition) is 3. The molecular formula is C16H23N3O. The SMILES string of the molecule is O=C(CNC1CCCc2cccnc21)N1CCCCC1. The quantitative estimate of drug-likeness (QED) is 0.917. The van der Waals surface area contributed by atoms with Gasteiger partial charge in [-0.3, -0.25) is 9.78 Å².